The zero-order valence-corrected chi connectivity index (χ0v) is 16.8. The molecule has 0 spiro atoms. The van der Waals surface area contributed by atoms with Crippen LogP contribution < -0.4 is 4.72 Å². The number of benzene rings is 2. The summed E-state index contributed by atoms with van der Waals surface area (Å²) >= 11 is 0. The van der Waals surface area contributed by atoms with Crippen molar-refractivity contribution in [1.29, 1.82) is 0 Å². The first-order valence-corrected chi connectivity index (χ1v) is 10.7. The smallest absolute Gasteiger partial charge is 0.214 e. The Labute approximate surface area is 162 Å². The number of sulfonamides is 1. The highest BCUT2D eigenvalue weighted by molar-refractivity contribution is 7.90. The molecule has 1 aliphatic rings. The van der Waals surface area contributed by atoms with Crippen LogP contribution in [0.3, 0.4) is 0 Å². The molecule has 0 saturated carbocycles. The first-order chi connectivity index (χ1) is 12.8. The number of nitrogens with one attached hydrogen (secondary N) is 1. The molecule has 1 aliphatic heterocycles. The lowest BCUT2D eigenvalue weighted by Crippen LogP contribution is -2.42. The fourth-order valence-electron chi connectivity index (χ4n) is 3.49. The summed E-state index contributed by atoms with van der Waals surface area (Å²) in [6.07, 6.45) is 5.41. The van der Waals surface area contributed by atoms with Crippen LogP contribution in [0.1, 0.15) is 30.9 Å². The summed E-state index contributed by atoms with van der Waals surface area (Å²) in [6.45, 7) is 4.96. The van der Waals surface area contributed by atoms with Gasteiger partial charge in [-0.1, -0.05) is 42.3 Å². The average Bonchev–Trinajstić information content (AvgIpc) is 3.01. The molecular weight excluding hydrogens is 356 g/mol. The van der Waals surface area contributed by atoms with Gasteiger partial charge < -0.3 is 4.90 Å². The number of likely N-dealkylation sites (N-methyl/N-ethyl adjacent to an activating group) is 1. The largest absolute Gasteiger partial charge is 0.304 e. The van der Waals surface area contributed by atoms with E-state index in [1.54, 1.807) is 13.8 Å². The third kappa shape index (κ3) is 4.41. The van der Waals surface area contributed by atoms with E-state index in [4.69, 9.17) is 6.42 Å². The summed E-state index contributed by atoms with van der Waals surface area (Å²) in [5, 5.41) is -0.433. The third-order valence-corrected chi connectivity index (χ3v) is 7.03. The zero-order valence-electron chi connectivity index (χ0n) is 16.0. The molecule has 1 fully saturated rings. The Morgan fingerprint density at radius 2 is 1.59 bits per heavy atom. The van der Waals surface area contributed by atoms with Gasteiger partial charge in [-0.3, -0.25) is 0 Å². The molecule has 5 heteroatoms. The van der Waals surface area contributed by atoms with Crippen LogP contribution in [-0.2, 0) is 10.0 Å². The fourth-order valence-corrected chi connectivity index (χ4v) is 4.42. The van der Waals surface area contributed by atoms with Crippen LogP contribution in [0, 0.1) is 12.3 Å². The van der Waals surface area contributed by atoms with Gasteiger partial charge in [0.05, 0.1) is 5.25 Å². The standard InChI is InChI=1S/C22H26N2O2S/c1-5-17-6-8-18(9-7-17)19-10-12-20(13-11-19)21-14-24(4)15-22(21)23-27(25,26)16(2)3/h1,6-13,16,21-23H,14-15H2,2-4H3/t21-,22-/m0/s1. The topological polar surface area (TPSA) is 49.4 Å². The van der Waals surface area contributed by atoms with Crippen molar-refractivity contribution < 1.29 is 8.42 Å². The van der Waals surface area contributed by atoms with Crippen LogP contribution in [0.5, 0.6) is 0 Å². The number of hydrogen-bond acceptors (Lipinski definition) is 3. The van der Waals surface area contributed by atoms with Crippen molar-refractivity contribution >= 4 is 10.0 Å². The van der Waals surface area contributed by atoms with Gasteiger partial charge in [-0.15, -0.1) is 6.42 Å². The molecule has 1 saturated heterocycles. The number of rotatable bonds is 5. The lowest BCUT2D eigenvalue weighted by molar-refractivity contribution is 0.404. The van der Waals surface area contributed by atoms with Crippen molar-refractivity contribution in [1.82, 2.24) is 9.62 Å². The van der Waals surface area contributed by atoms with Gasteiger partial charge in [-0.25, -0.2) is 13.1 Å². The SMILES string of the molecule is C#Cc1ccc(-c2ccc([C@@H]3CN(C)C[C@@H]3NS(=O)(=O)C(C)C)cc2)cc1. The Morgan fingerprint density at radius 1 is 1.04 bits per heavy atom. The molecule has 2 aromatic rings. The molecule has 0 unspecified atom stereocenters. The summed E-state index contributed by atoms with van der Waals surface area (Å²) in [4.78, 5) is 2.17. The third-order valence-electron chi connectivity index (χ3n) is 5.16. The predicted molar refractivity (Wildman–Crippen MR) is 111 cm³/mol. The van der Waals surface area contributed by atoms with Crippen LogP contribution in [0.2, 0.25) is 0 Å². The molecule has 3 rings (SSSR count). The average molecular weight is 383 g/mol. The Balaban J connectivity index is 1.81. The van der Waals surface area contributed by atoms with Crippen molar-refractivity contribution in [3.63, 3.8) is 0 Å². The Bertz CT molecular complexity index is 926. The molecule has 1 N–H and O–H groups in total. The summed E-state index contributed by atoms with van der Waals surface area (Å²) in [5.74, 6) is 2.77. The van der Waals surface area contributed by atoms with E-state index in [0.29, 0.717) is 6.54 Å². The minimum Gasteiger partial charge on any atom is -0.304 e. The van der Waals surface area contributed by atoms with Crippen molar-refractivity contribution in [2.75, 3.05) is 20.1 Å². The number of terminal acetylenes is 1. The minimum absolute atomic E-state index is 0.108. The molecule has 0 amide bonds. The quantitative estimate of drug-likeness (QED) is 0.809. The molecule has 0 aromatic heterocycles. The van der Waals surface area contributed by atoms with E-state index in [1.165, 1.54) is 0 Å². The van der Waals surface area contributed by atoms with Crippen LogP contribution in [-0.4, -0.2) is 44.7 Å². The van der Waals surface area contributed by atoms with Crippen LogP contribution >= 0.6 is 0 Å². The fraction of sp³-hybridized carbons (Fsp3) is 0.364. The van der Waals surface area contributed by atoms with Gasteiger partial charge in [0.15, 0.2) is 0 Å². The predicted octanol–water partition coefficient (Wildman–Crippen LogP) is 3.06. The summed E-state index contributed by atoms with van der Waals surface area (Å²) in [7, 11) is -1.27. The molecule has 2 atom stereocenters. The van der Waals surface area contributed by atoms with E-state index in [1.807, 2.05) is 31.3 Å². The van der Waals surface area contributed by atoms with Gasteiger partial charge in [0.1, 0.15) is 0 Å². The van der Waals surface area contributed by atoms with Crippen molar-refractivity contribution in [2.24, 2.45) is 0 Å². The summed E-state index contributed by atoms with van der Waals surface area (Å²) in [5.41, 5.74) is 4.25. The van der Waals surface area contributed by atoms with E-state index < -0.39 is 15.3 Å². The molecule has 142 valence electrons. The maximum absolute atomic E-state index is 12.3. The second-order valence-corrected chi connectivity index (χ2v) is 9.76. The van der Waals surface area contributed by atoms with E-state index >= 15 is 0 Å². The highest BCUT2D eigenvalue weighted by Crippen LogP contribution is 2.30. The van der Waals surface area contributed by atoms with E-state index in [0.717, 1.165) is 28.8 Å². The number of likely N-dealkylation sites (tertiary alicyclic amines) is 1. The Hall–Kier alpha value is -2.13. The normalized spacial score (nSPS) is 20.7. The molecule has 0 bridgehead atoms. The number of nitrogens with zero attached hydrogens (tertiary/aromatic N) is 1. The highest BCUT2D eigenvalue weighted by atomic mass is 32.2. The second-order valence-electron chi connectivity index (χ2n) is 7.49. The maximum atomic E-state index is 12.3. The summed E-state index contributed by atoms with van der Waals surface area (Å²) in [6, 6.07) is 16.2. The Kier molecular flexibility index (Phi) is 5.71. The van der Waals surface area contributed by atoms with Crippen LogP contribution in [0.15, 0.2) is 48.5 Å². The minimum atomic E-state index is -3.30. The van der Waals surface area contributed by atoms with Crippen LogP contribution in [0.25, 0.3) is 11.1 Å². The number of hydrogen-bond donors (Lipinski definition) is 1. The lowest BCUT2D eigenvalue weighted by atomic mass is 9.93. The highest BCUT2D eigenvalue weighted by Gasteiger charge is 2.35. The molecular formula is C22H26N2O2S. The van der Waals surface area contributed by atoms with E-state index in [-0.39, 0.29) is 12.0 Å². The molecule has 27 heavy (non-hydrogen) atoms. The van der Waals surface area contributed by atoms with Gasteiger partial charge in [-0.05, 0) is 49.7 Å². The van der Waals surface area contributed by atoms with Gasteiger partial charge in [0, 0.05) is 30.6 Å². The van der Waals surface area contributed by atoms with Gasteiger partial charge in [0.2, 0.25) is 10.0 Å². The first kappa shape index (κ1) is 19.6. The molecule has 0 aliphatic carbocycles. The molecule has 1 heterocycles. The molecule has 4 nitrogen and oxygen atoms in total. The maximum Gasteiger partial charge on any atom is 0.214 e. The summed E-state index contributed by atoms with van der Waals surface area (Å²) < 4.78 is 27.5. The lowest BCUT2D eigenvalue weighted by Gasteiger charge is -2.22. The van der Waals surface area contributed by atoms with Gasteiger partial charge >= 0.3 is 0 Å². The molecule has 0 radical (unpaired) electrons. The van der Waals surface area contributed by atoms with Crippen molar-refractivity contribution in [2.45, 2.75) is 31.1 Å². The molecule has 2 aromatic carbocycles. The van der Waals surface area contributed by atoms with Crippen molar-refractivity contribution in [3.8, 4) is 23.5 Å². The van der Waals surface area contributed by atoms with E-state index in [9.17, 15) is 8.42 Å². The first-order valence-electron chi connectivity index (χ1n) is 9.17. The van der Waals surface area contributed by atoms with Gasteiger partial charge in [0.25, 0.3) is 0 Å². The second kappa shape index (κ2) is 7.85. The van der Waals surface area contributed by atoms with Gasteiger partial charge in [-0.2, -0.15) is 0 Å². The monoisotopic (exact) mass is 382 g/mol. The zero-order chi connectivity index (χ0) is 19.6. The van der Waals surface area contributed by atoms with Crippen LogP contribution in [0.4, 0.5) is 0 Å². The van der Waals surface area contributed by atoms with Crippen molar-refractivity contribution in [3.05, 3.63) is 59.7 Å². The Morgan fingerprint density at radius 3 is 2.11 bits per heavy atom. The van der Waals surface area contributed by atoms with E-state index in [2.05, 4.69) is 39.8 Å².